The first-order valence-corrected chi connectivity index (χ1v) is 4.98. The molecular weight excluding hydrogens is 201 g/mol. The van der Waals surface area contributed by atoms with Gasteiger partial charge in [-0.2, -0.15) is 12.6 Å². The van der Waals surface area contributed by atoms with Crippen molar-refractivity contribution in [3.8, 4) is 5.75 Å². The van der Waals surface area contributed by atoms with E-state index in [0.29, 0.717) is 6.61 Å². The van der Waals surface area contributed by atoms with Crippen molar-refractivity contribution < 1.29 is 9.13 Å². The Morgan fingerprint density at radius 2 is 2.29 bits per heavy atom. The molecule has 1 rings (SSSR count). The van der Waals surface area contributed by atoms with Gasteiger partial charge in [0.2, 0.25) is 0 Å². The first-order chi connectivity index (χ1) is 6.69. The van der Waals surface area contributed by atoms with E-state index in [2.05, 4.69) is 17.9 Å². The van der Waals surface area contributed by atoms with Crippen LogP contribution in [0.15, 0.2) is 18.2 Å². The van der Waals surface area contributed by atoms with Crippen LogP contribution in [0, 0.1) is 5.82 Å². The number of hydrogen-bond acceptors (Lipinski definition) is 3. The van der Waals surface area contributed by atoms with E-state index in [9.17, 15) is 4.39 Å². The van der Waals surface area contributed by atoms with Gasteiger partial charge in [0.15, 0.2) is 11.6 Å². The highest BCUT2D eigenvalue weighted by Crippen LogP contribution is 2.23. The van der Waals surface area contributed by atoms with Crippen LogP contribution in [-0.4, -0.2) is 13.7 Å². The van der Waals surface area contributed by atoms with E-state index in [1.807, 2.05) is 6.92 Å². The van der Waals surface area contributed by atoms with Gasteiger partial charge in [-0.05, 0) is 31.7 Å². The van der Waals surface area contributed by atoms with Crippen molar-refractivity contribution in [2.45, 2.75) is 12.3 Å². The maximum absolute atomic E-state index is 13.3. The molecule has 0 radical (unpaired) electrons. The second-order valence-electron chi connectivity index (χ2n) is 2.81. The van der Waals surface area contributed by atoms with E-state index >= 15 is 0 Å². The summed E-state index contributed by atoms with van der Waals surface area (Å²) in [7, 11) is 1.77. The average molecular weight is 215 g/mol. The van der Waals surface area contributed by atoms with Crippen molar-refractivity contribution in [2.75, 3.05) is 13.7 Å². The van der Waals surface area contributed by atoms with Crippen LogP contribution in [0.2, 0.25) is 0 Å². The number of nitrogens with one attached hydrogen (secondary N) is 1. The predicted molar refractivity (Wildman–Crippen MR) is 58.4 cm³/mol. The monoisotopic (exact) mass is 215 g/mol. The fourth-order valence-corrected chi connectivity index (χ4v) is 1.29. The summed E-state index contributed by atoms with van der Waals surface area (Å²) in [6.45, 7) is 2.29. The third kappa shape index (κ3) is 2.62. The third-order valence-electron chi connectivity index (χ3n) is 1.84. The lowest BCUT2D eigenvalue weighted by Gasteiger charge is -2.11. The molecule has 2 nitrogen and oxygen atoms in total. The second kappa shape index (κ2) is 5.22. The summed E-state index contributed by atoms with van der Waals surface area (Å²) in [5.74, 6) is -0.0634. The molecule has 0 heterocycles. The Hall–Kier alpha value is -0.740. The number of ether oxygens (including phenoxy) is 1. The lowest BCUT2D eigenvalue weighted by atomic mass is 10.2. The molecule has 1 atom stereocenters. The fraction of sp³-hybridized carbons (Fsp3) is 0.400. The van der Waals surface area contributed by atoms with Crippen LogP contribution in [-0.2, 0) is 0 Å². The van der Waals surface area contributed by atoms with Crippen LogP contribution < -0.4 is 10.1 Å². The van der Waals surface area contributed by atoms with Gasteiger partial charge in [0.05, 0.1) is 12.0 Å². The van der Waals surface area contributed by atoms with Crippen LogP contribution in [0.4, 0.5) is 4.39 Å². The zero-order chi connectivity index (χ0) is 10.6. The topological polar surface area (TPSA) is 21.3 Å². The molecule has 0 spiro atoms. The quantitative estimate of drug-likeness (QED) is 0.594. The summed E-state index contributed by atoms with van der Waals surface area (Å²) in [4.78, 5) is 0. The van der Waals surface area contributed by atoms with E-state index < -0.39 is 0 Å². The molecule has 0 aliphatic carbocycles. The SMILES string of the molecule is CCOc1ccc(C(S)NC)cc1F. The molecule has 0 fully saturated rings. The Labute approximate surface area is 88.9 Å². The Bertz CT molecular complexity index is 306. The predicted octanol–water partition coefficient (Wildman–Crippen LogP) is 2.37. The van der Waals surface area contributed by atoms with Crippen molar-refractivity contribution in [1.82, 2.24) is 5.32 Å². The molecule has 1 N–H and O–H groups in total. The van der Waals surface area contributed by atoms with Gasteiger partial charge in [0.1, 0.15) is 0 Å². The Morgan fingerprint density at radius 1 is 1.57 bits per heavy atom. The number of thiol groups is 1. The number of rotatable bonds is 4. The van der Waals surface area contributed by atoms with E-state index in [4.69, 9.17) is 4.74 Å². The van der Waals surface area contributed by atoms with Gasteiger partial charge < -0.3 is 10.1 Å². The molecule has 0 saturated carbocycles. The molecule has 1 aromatic carbocycles. The molecular formula is C10H14FNOS. The molecule has 0 aliphatic rings. The van der Waals surface area contributed by atoms with Crippen molar-refractivity contribution >= 4 is 12.6 Å². The molecule has 4 heteroatoms. The van der Waals surface area contributed by atoms with Gasteiger partial charge in [-0.25, -0.2) is 4.39 Å². The first kappa shape index (κ1) is 11.3. The smallest absolute Gasteiger partial charge is 0.165 e. The highest BCUT2D eigenvalue weighted by Gasteiger charge is 2.08. The van der Waals surface area contributed by atoms with Crippen molar-refractivity contribution in [2.24, 2.45) is 0 Å². The molecule has 78 valence electrons. The maximum atomic E-state index is 13.3. The highest BCUT2D eigenvalue weighted by molar-refractivity contribution is 7.80. The summed E-state index contributed by atoms with van der Waals surface area (Å²) in [6.07, 6.45) is 0. The van der Waals surface area contributed by atoms with Gasteiger partial charge in [-0.3, -0.25) is 0 Å². The molecule has 0 aliphatic heterocycles. The second-order valence-corrected chi connectivity index (χ2v) is 3.33. The average Bonchev–Trinajstić information content (AvgIpc) is 2.20. The maximum Gasteiger partial charge on any atom is 0.165 e. The van der Waals surface area contributed by atoms with Gasteiger partial charge in [0, 0.05) is 0 Å². The standard InChI is InChI=1S/C10H14FNOS/c1-3-13-9-5-4-7(6-8(9)11)10(14)12-2/h4-6,10,12,14H,3H2,1-2H3. The lowest BCUT2D eigenvalue weighted by Crippen LogP contribution is -2.10. The zero-order valence-corrected chi connectivity index (χ0v) is 9.14. The minimum absolute atomic E-state index is 0.153. The molecule has 0 amide bonds. The lowest BCUT2D eigenvalue weighted by molar-refractivity contribution is 0.321. The zero-order valence-electron chi connectivity index (χ0n) is 8.25. The Balaban J connectivity index is 2.88. The van der Waals surface area contributed by atoms with E-state index in [1.54, 1.807) is 19.2 Å². The normalized spacial score (nSPS) is 12.6. The largest absolute Gasteiger partial charge is 0.491 e. The van der Waals surface area contributed by atoms with E-state index in [-0.39, 0.29) is 16.9 Å². The number of hydrogen-bond donors (Lipinski definition) is 2. The summed E-state index contributed by atoms with van der Waals surface area (Å²) >= 11 is 4.23. The van der Waals surface area contributed by atoms with Crippen molar-refractivity contribution in [3.63, 3.8) is 0 Å². The molecule has 14 heavy (non-hydrogen) atoms. The van der Waals surface area contributed by atoms with Crippen LogP contribution in [0.5, 0.6) is 5.75 Å². The Morgan fingerprint density at radius 3 is 2.79 bits per heavy atom. The minimum Gasteiger partial charge on any atom is -0.491 e. The molecule has 0 saturated heterocycles. The van der Waals surface area contributed by atoms with E-state index in [0.717, 1.165) is 5.56 Å². The molecule has 1 aromatic rings. The minimum atomic E-state index is -0.348. The van der Waals surface area contributed by atoms with Crippen LogP contribution in [0.1, 0.15) is 17.9 Å². The number of benzene rings is 1. The molecule has 1 unspecified atom stereocenters. The summed E-state index contributed by atoms with van der Waals surface area (Å²) < 4.78 is 18.4. The van der Waals surface area contributed by atoms with E-state index in [1.165, 1.54) is 6.07 Å². The van der Waals surface area contributed by atoms with Gasteiger partial charge in [-0.15, -0.1) is 0 Å². The summed E-state index contributed by atoms with van der Waals surface area (Å²) in [5.41, 5.74) is 0.789. The summed E-state index contributed by atoms with van der Waals surface area (Å²) in [5, 5.41) is 2.76. The first-order valence-electron chi connectivity index (χ1n) is 4.46. The third-order valence-corrected chi connectivity index (χ3v) is 2.40. The highest BCUT2D eigenvalue weighted by atomic mass is 32.1. The van der Waals surface area contributed by atoms with Crippen LogP contribution in [0.3, 0.4) is 0 Å². The van der Waals surface area contributed by atoms with Crippen molar-refractivity contribution in [1.29, 1.82) is 0 Å². The van der Waals surface area contributed by atoms with Gasteiger partial charge >= 0.3 is 0 Å². The number of halogens is 1. The van der Waals surface area contributed by atoms with Gasteiger partial charge in [-0.1, -0.05) is 6.07 Å². The molecule has 0 bridgehead atoms. The van der Waals surface area contributed by atoms with Crippen molar-refractivity contribution in [3.05, 3.63) is 29.6 Å². The van der Waals surface area contributed by atoms with Crippen LogP contribution >= 0.6 is 12.6 Å². The van der Waals surface area contributed by atoms with Gasteiger partial charge in [0.25, 0.3) is 0 Å². The summed E-state index contributed by atoms with van der Waals surface area (Å²) in [6, 6.07) is 4.84. The Kier molecular flexibility index (Phi) is 4.22. The molecule has 0 aromatic heterocycles. The fourth-order valence-electron chi connectivity index (χ4n) is 1.13. The van der Waals surface area contributed by atoms with Crippen LogP contribution in [0.25, 0.3) is 0 Å².